The van der Waals surface area contributed by atoms with Crippen molar-refractivity contribution in [1.29, 1.82) is 0 Å². The van der Waals surface area contributed by atoms with E-state index in [1.807, 2.05) is 0 Å². The van der Waals surface area contributed by atoms with Crippen LogP contribution < -0.4 is 10.1 Å². The second kappa shape index (κ2) is 8.69. The third kappa shape index (κ3) is 4.43. The molecule has 1 saturated heterocycles. The Balaban J connectivity index is 1.49. The Morgan fingerprint density at radius 2 is 1.87 bits per heavy atom. The van der Waals surface area contributed by atoms with Crippen LogP contribution in [-0.4, -0.2) is 48.5 Å². The van der Waals surface area contributed by atoms with E-state index in [2.05, 4.69) is 15.5 Å². The highest BCUT2D eigenvalue weighted by molar-refractivity contribution is 7.89. The molecule has 0 aliphatic carbocycles. The summed E-state index contributed by atoms with van der Waals surface area (Å²) in [5.41, 5.74) is 0.670. The van der Waals surface area contributed by atoms with Gasteiger partial charge in [-0.3, -0.25) is 10.1 Å². The molecule has 1 atom stereocenters. The van der Waals surface area contributed by atoms with Gasteiger partial charge in [-0.2, -0.15) is 4.31 Å². The summed E-state index contributed by atoms with van der Waals surface area (Å²) < 4.78 is 45.5. The molecule has 0 bridgehead atoms. The first-order valence-corrected chi connectivity index (χ1v) is 11.7. The van der Waals surface area contributed by atoms with Gasteiger partial charge in [-0.1, -0.05) is 11.3 Å². The van der Waals surface area contributed by atoms with E-state index in [9.17, 15) is 17.6 Å². The summed E-state index contributed by atoms with van der Waals surface area (Å²) in [5, 5.41) is 11.4. The van der Waals surface area contributed by atoms with Gasteiger partial charge >= 0.3 is 0 Å². The lowest BCUT2D eigenvalue weighted by molar-refractivity contribution is -0.119. The smallest absolute Gasteiger partial charge is 0.244 e. The second-order valence-electron chi connectivity index (χ2n) is 6.86. The van der Waals surface area contributed by atoms with Crippen molar-refractivity contribution in [3.8, 4) is 16.3 Å². The summed E-state index contributed by atoms with van der Waals surface area (Å²) in [6.45, 7) is 0.253. The molecular weight excluding hydrogens is 443 g/mol. The molecule has 31 heavy (non-hydrogen) atoms. The second-order valence-corrected chi connectivity index (χ2v) is 9.73. The molecule has 0 saturated carbocycles. The molecule has 4 rings (SSSR count). The van der Waals surface area contributed by atoms with E-state index in [0.717, 1.165) is 11.3 Å². The number of benzene rings is 2. The Labute approximate surface area is 182 Å². The van der Waals surface area contributed by atoms with Crippen LogP contribution in [0.2, 0.25) is 0 Å². The maximum atomic E-state index is 13.1. The molecule has 1 fully saturated rings. The van der Waals surface area contributed by atoms with Crippen molar-refractivity contribution in [2.75, 3.05) is 19.0 Å². The first-order valence-electron chi connectivity index (χ1n) is 9.45. The number of halogens is 1. The van der Waals surface area contributed by atoms with Gasteiger partial charge in [0.25, 0.3) is 0 Å². The topological polar surface area (TPSA) is 101 Å². The zero-order valence-corrected chi connectivity index (χ0v) is 18.1. The van der Waals surface area contributed by atoms with Crippen molar-refractivity contribution >= 4 is 32.4 Å². The van der Waals surface area contributed by atoms with Gasteiger partial charge in [-0.05, 0) is 61.4 Å². The van der Waals surface area contributed by atoms with Crippen LogP contribution in [0, 0.1) is 5.82 Å². The van der Waals surface area contributed by atoms with Crippen molar-refractivity contribution in [3.05, 3.63) is 54.3 Å². The first kappa shape index (κ1) is 21.3. The van der Waals surface area contributed by atoms with Gasteiger partial charge in [0.05, 0.1) is 12.0 Å². The van der Waals surface area contributed by atoms with Crippen LogP contribution in [-0.2, 0) is 14.8 Å². The monoisotopic (exact) mass is 462 g/mol. The summed E-state index contributed by atoms with van der Waals surface area (Å²) in [5.74, 6) is -0.277. The number of hydrogen-bond donors (Lipinski definition) is 1. The van der Waals surface area contributed by atoms with Crippen LogP contribution in [0.3, 0.4) is 0 Å². The average molecular weight is 463 g/mol. The minimum atomic E-state index is -3.84. The van der Waals surface area contributed by atoms with Gasteiger partial charge in [0, 0.05) is 12.1 Å². The highest BCUT2D eigenvalue weighted by Gasteiger charge is 2.39. The molecule has 0 radical (unpaired) electrons. The fourth-order valence-electron chi connectivity index (χ4n) is 3.34. The number of nitrogens with zero attached hydrogens (tertiary/aromatic N) is 3. The lowest BCUT2D eigenvalue weighted by Crippen LogP contribution is -2.43. The van der Waals surface area contributed by atoms with Gasteiger partial charge < -0.3 is 4.74 Å². The highest BCUT2D eigenvalue weighted by atomic mass is 32.2. The van der Waals surface area contributed by atoms with Gasteiger partial charge in [0.2, 0.25) is 21.1 Å². The van der Waals surface area contributed by atoms with Gasteiger partial charge in [-0.15, -0.1) is 10.2 Å². The molecule has 2 aromatic carbocycles. The van der Waals surface area contributed by atoms with Gasteiger partial charge in [0.1, 0.15) is 22.6 Å². The van der Waals surface area contributed by atoms with Crippen molar-refractivity contribution in [1.82, 2.24) is 14.5 Å². The summed E-state index contributed by atoms with van der Waals surface area (Å²) in [4.78, 5) is 12.9. The maximum absolute atomic E-state index is 13.1. The molecule has 1 aliphatic rings. The number of rotatable bonds is 6. The summed E-state index contributed by atoms with van der Waals surface area (Å²) in [6, 6.07) is 11.0. The summed E-state index contributed by atoms with van der Waals surface area (Å²) in [7, 11) is -2.34. The van der Waals surface area contributed by atoms with Crippen molar-refractivity contribution in [3.63, 3.8) is 0 Å². The van der Waals surface area contributed by atoms with Crippen LogP contribution in [0.1, 0.15) is 12.8 Å². The number of aromatic nitrogens is 2. The fraction of sp³-hybridized carbons (Fsp3) is 0.250. The molecule has 1 aromatic heterocycles. The Morgan fingerprint density at radius 1 is 1.16 bits per heavy atom. The SMILES string of the molecule is COc1ccc(S(=O)(=O)N2CCCC2C(=O)Nc2nnc(-c3ccc(F)cc3)s2)cc1. The lowest BCUT2D eigenvalue weighted by Gasteiger charge is -2.23. The Bertz CT molecular complexity index is 1180. The first-order chi connectivity index (χ1) is 14.9. The number of carbonyl (C=O) groups is 1. The highest BCUT2D eigenvalue weighted by Crippen LogP contribution is 2.30. The maximum Gasteiger partial charge on any atom is 0.244 e. The quantitative estimate of drug-likeness (QED) is 0.604. The van der Waals surface area contributed by atoms with Crippen LogP contribution in [0.25, 0.3) is 10.6 Å². The molecule has 11 heteroatoms. The third-order valence-corrected chi connectivity index (χ3v) is 7.73. The molecule has 2 heterocycles. The molecule has 162 valence electrons. The van der Waals surface area contributed by atoms with Gasteiger partial charge in [-0.25, -0.2) is 12.8 Å². The molecule has 0 spiro atoms. The third-order valence-electron chi connectivity index (χ3n) is 4.92. The number of carbonyl (C=O) groups excluding carboxylic acids is 1. The minimum Gasteiger partial charge on any atom is -0.497 e. The molecule has 1 N–H and O–H groups in total. The molecule has 3 aromatic rings. The number of amides is 1. The number of sulfonamides is 1. The largest absolute Gasteiger partial charge is 0.497 e. The van der Waals surface area contributed by atoms with Crippen LogP contribution in [0.5, 0.6) is 5.75 Å². The Hall–Kier alpha value is -2.89. The number of nitrogens with one attached hydrogen (secondary N) is 1. The minimum absolute atomic E-state index is 0.0995. The summed E-state index contributed by atoms with van der Waals surface area (Å²) in [6.07, 6.45) is 0.981. The van der Waals surface area contributed by atoms with E-state index in [1.54, 1.807) is 24.3 Å². The Morgan fingerprint density at radius 3 is 2.55 bits per heavy atom. The van der Waals surface area contributed by atoms with Crippen LogP contribution in [0.15, 0.2) is 53.4 Å². The lowest BCUT2D eigenvalue weighted by atomic mass is 10.2. The van der Waals surface area contributed by atoms with E-state index in [1.165, 1.54) is 35.7 Å². The Kier molecular flexibility index (Phi) is 5.99. The number of anilines is 1. The van der Waals surface area contributed by atoms with E-state index in [4.69, 9.17) is 4.74 Å². The molecule has 1 unspecified atom stereocenters. The molecule has 1 amide bonds. The van der Waals surface area contributed by atoms with Crippen LogP contribution in [0.4, 0.5) is 9.52 Å². The molecule has 8 nitrogen and oxygen atoms in total. The summed E-state index contributed by atoms with van der Waals surface area (Å²) >= 11 is 1.13. The number of ether oxygens (including phenoxy) is 1. The molecule has 1 aliphatic heterocycles. The number of methoxy groups -OCH3 is 1. The normalized spacial score (nSPS) is 16.9. The zero-order valence-electron chi connectivity index (χ0n) is 16.5. The van der Waals surface area contributed by atoms with E-state index >= 15 is 0 Å². The van der Waals surface area contributed by atoms with E-state index < -0.39 is 22.0 Å². The predicted octanol–water partition coefficient (Wildman–Crippen LogP) is 3.14. The fourth-order valence-corrected chi connectivity index (χ4v) is 5.75. The van der Waals surface area contributed by atoms with E-state index in [-0.39, 0.29) is 22.4 Å². The molecular formula is C20H19FN4O4S2. The predicted molar refractivity (Wildman–Crippen MR) is 114 cm³/mol. The van der Waals surface area contributed by atoms with Gasteiger partial charge in [0.15, 0.2) is 0 Å². The van der Waals surface area contributed by atoms with Crippen LogP contribution >= 0.6 is 11.3 Å². The van der Waals surface area contributed by atoms with Crippen molar-refractivity contribution in [2.45, 2.75) is 23.8 Å². The van der Waals surface area contributed by atoms with Crippen molar-refractivity contribution in [2.24, 2.45) is 0 Å². The van der Waals surface area contributed by atoms with Crippen molar-refractivity contribution < 1.29 is 22.3 Å². The zero-order chi connectivity index (χ0) is 22.0. The average Bonchev–Trinajstić information content (AvgIpc) is 3.44. The standard InChI is InChI=1S/C20H19FN4O4S2/c1-29-15-8-10-16(11-9-15)31(27,28)25-12-2-3-17(25)18(26)22-20-24-23-19(30-20)13-4-6-14(21)7-5-13/h4-11,17H,2-3,12H2,1H3,(H,22,24,26). The number of hydrogen-bond acceptors (Lipinski definition) is 7. The van der Waals surface area contributed by atoms with E-state index in [0.29, 0.717) is 29.2 Å².